The van der Waals surface area contributed by atoms with Gasteiger partial charge in [0.05, 0.1) is 0 Å². The normalized spacial score (nSPS) is 10.8. The van der Waals surface area contributed by atoms with E-state index in [1.165, 1.54) is 6.20 Å². The molecule has 5 heteroatoms. The van der Waals surface area contributed by atoms with E-state index in [0.29, 0.717) is 5.82 Å². The molecule has 1 heterocycles. The molecule has 1 radical (unpaired) electrons. The fourth-order valence-electron chi connectivity index (χ4n) is 0.739. The molecule has 14 heavy (non-hydrogen) atoms. The Kier molecular flexibility index (Phi) is 3.01. The van der Waals surface area contributed by atoms with Crippen LogP contribution in [0, 0.1) is 6.33 Å². The zero-order chi connectivity index (χ0) is 10.6. The van der Waals surface area contributed by atoms with Gasteiger partial charge in [-0.3, -0.25) is 5.32 Å². The number of nitrogens with one attached hydrogen (secondary N) is 1. The smallest absolute Gasteiger partial charge is 0.413 e. The van der Waals surface area contributed by atoms with Crippen LogP contribution in [0.1, 0.15) is 20.8 Å². The second-order valence-electron chi connectivity index (χ2n) is 3.67. The van der Waals surface area contributed by atoms with E-state index in [9.17, 15) is 4.79 Å². The first-order valence-electron chi connectivity index (χ1n) is 4.16. The number of carbonyl (C=O) groups is 1. The Balaban J connectivity index is 2.50. The van der Waals surface area contributed by atoms with Crippen LogP contribution in [0.25, 0.3) is 0 Å². The summed E-state index contributed by atoms with van der Waals surface area (Å²) in [5.74, 6) is 0.370. The molecule has 0 saturated carbocycles. The van der Waals surface area contributed by atoms with E-state index in [1.54, 1.807) is 26.8 Å². The number of ether oxygens (including phenoxy) is 1. The number of hydrogen-bond donors (Lipinski definition) is 1. The first kappa shape index (κ1) is 10.4. The van der Waals surface area contributed by atoms with Crippen molar-refractivity contribution < 1.29 is 9.53 Å². The van der Waals surface area contributed by atoms with E-state index in [-0.39, 0.29) is 0 Å². The summed E-state index contributed by atoms with van der Waals surface area (Å²) in [4.78, 5) is 18.5. The van der Waals surface area contributed by atoms with Crippen molar-refractivity contribution in [2.45, 2.75) is 26.4 Å². The van der Waals surface area contributed by atoms with Crippen molar-refractivity contribution in [1.82, 2.24) is 9.97 Å². The van der Waals surface area contributed by atoms with Gasteiger partial charge in [-0.25, -0.2) is 14.8 Å². The molecule has 0 saturated heterocycles. The molecule has 1 aromatic heterocycles. The van der Waals surface area contributed by atoms with Gasteiger partial charge in [0.1, 0.15) is 11.4 Å². The molecule has 1 N–H and O–H groups in total. The lowest BCUT2D eigenvalue weighted by atomic mass is 10.2. The Morgan fingerprint density at radius 3 is 2.79 bits per heavy atom. The second-order valence-corrected chi connectivity index (χ2v) is 3.67. The number of rotatable bonds is 1. The van der Waals surface area contributed by atoms with Gasteiger partial charge in [-0.1, -0.05) is 0 Å². The van der Waals surface area contributed by atoms with E-state index in [4.69, 9.17) is 4.74 Å². The summed E-state index contributed by atoms with van der Waals surface area (Å²) in [5, 5.41) is 2.45. The summed E-state index contributed by atoms with van der Waals surface area (Å²) in [6.07, 6.45) is 3.31. The van der Waals surface area contributed by atoms with Crippen LogP contribution in [0.15, 0.2) is 12.3 Å². The van der Waals surface area contributed by atoms with Crippen molar-refractivity contribution in [1.29, 1.82) is 0 Å². The summed E-state index contributed by atoms with van der Waals surface area (Å²) < 4.78 is 5.02. The monoisotopic (exact) mass is 194 g/mol. The van der Waals surface area contributed by atoms with E-state index in [0.717, 1.165) is 0 Å². The maximum absolute atomic E-state index is 11.2. The van der Waals surface area contributed by atoms with Gasteiger partial charge in [-0.15, -0.1) is 0 Å². The van der Waals surface area contributed by atoms with Gasteiger partial charge in [0.2, 0.25) is 0 Å². The van der Waals surface area contributed by atoms with Gasteiger partial charge in [-0.05, 0) is 26.8 Å². The van der Waals surface area contributed by atoms with E-state index < -0.39 is 11.7 Å². The van der Waals surface area contributed by atoms with Crippen LogP contribution < -0.4 is 5.32 Å². The van der Waals surface area contributed by atoms with Crippen molar-refractivity contribution in [2.75, 3.05) is 5.32 Å². The average molecular weight is 194 g/mol. The molecular formula is C9H12N3O2. The van der Waals surface area contributed by atoms with Gasteiger partial charge in [0.25, 0.3) is 0 Å². The van der Waals surface area contributed by atoms with Crippen LogP contribution in [0.5, 0.6) is 0 Å². The number of nitrogens with zero attached hydrogens (tertiary/aromatic N) is 2. The van der Waals surface area contributed by atoms with Crippen molar-refractivity contribution in [3.05, 3.63) is 18.6 Å². The molecule has 0 unspecified atom stereocenters. The Morgan fingerprint density at radius 1 is 1.57 bits per heavy atom. The number of carbonyl (C=O) groups excluding carboxylic acids is 1. The van der Waals surface area contributed by atoms with Crippen LogP contribution in [0.2, 0.25) is 0 Å². The lowest BCUT2D eigenvalue weighted by Gasteiger charge is -2.19. The maximum Gasteiger partial charge on any atom is 0.413 e. The first-order chi connectivity index (χ1) is 6.47. The summed E-state index contributed by atoms with van der Waals surface area (Å²) in [5.41, 5.74) is -0.513. The molecule has 5 nitrogen and oxygen atoms in total. The van der Waals surface area contributed by atoms with Crippen LogP contribution in [0.3, 0.4) is 0 Å². The summed E-state index contributed by atoms with van der Waals surface area (Å²) in [7, 11) is 0. The molecule has 0 atom stereocenters. The van der Waals surface area contributed by atoms with Crippen LogP contribution in [-0.4, -0.2) is 21.7 Å². The van der Waals surface area contributed by atoms with E-state index >= 15 is 0 Å². The highest BCUT2D eigenvalue weighted by Gasteiger charge is 2.16. The molecule has 0 aliphatic heterocycles. The SMILES string of the molecule is CC(C)(C)OC(=O)Nc1ccn[c]n1. The lowest BCUT2D eigenvalue weighted by molar-refractivity contribution is 0.0635. The Hall–Kier alpha value is -1.65. The number of amides is 1. The molecule has 0 aliphatic rings. The highest BCUT2D eigenvalue weighted by molar-refractivity contribution is 5.83. The maximum atomic E-state index is 11.2. The Bertz CT molecular complexity index is 306. The lowest BCUT2D eigenvalue weighted by Crippen LogP contribution is -2.27. The zero-order valence-electron chi connectivity index (χ0n) is 8.37. The fourth-order valence-corrected chi connectivity index (χ4v) is 0.739. The summed E-state index contributed by atoms with van der Waals surface area (Å²) >= 11 is 0. The molecule has 0 bridgehead atoms. The zero-order valence-corrected chi connectivity index (χ0v) is 8.37. The molecular weight excluding hydrogens is 182 g/mol. The van der Waals surface area contributed by atoms with Gasteiger partial charge in [-0.2, -0.15) is 0 Å². The van der Waals surface area contributed by atoms with Crippen LogP contribution in [0.4, 0.5) is 10.6 Å². The van der Waals surface area contributed by atoms with Crippen LogP contribution in [-0.2, 0) is 4.74 Å². The average Bonchev–Trinajstić information content (AvgIpc) is 2.02. The minimum absolute atomic E-state index is 0.370. The number of aromatic nitrogens is 2. The van der Waals surface area contributed by atoms with Crippen molar-refractivity contribution in [2.24, 2.45) is 0 Å². The number of hydrogen-bond acceptors (Lipinski definition) is 4. The third-order valence-corrected chi connectivity index (χ3v) is 1.16. The highest BCUT2D eigenvalue weighted by Crippen LogP contribution is 2.08. The summed E-state index contributed by atoms with van der Waals surface area (Å²) in [6, 6.07) is 1.56. The Labute approximate surface area is 82.5 Å². The van der Waals surface area contributed by atoms with Crippen molar-refractivity contribution >= 4 is 11.9 Å². The third-order valence-electron chi connectivity index (χ3n) is 1.16. The quantitative estimate of drug-likeness (QED) is 0.737. The minimum Gasteiger partial charge on any atom is -0.444 e. The molecule has 0 spiro atoms. The van der Waals surface area contributed by atoms with Gasteiger partial charge in [0, 0.05) is 6.20 Å². The fraction of sp³-hybridized carbons (Fsp3) is 0.444. The minimum atomic E-state index is -0.537. The largest absolute Gasteiger partial charge is 0.444 e. The molecule has 0 aliphatic carbocycles. The van der Waals surface area contributed by atoms with Gasteiger partial charge < -0.3 is 4.74 Å². The molecule has 1 amide bonds. The van der Waals surface area contributed by atoms with E-state index in [2.05, 4.69) is 21.6 Å². The molecule has 0 aromatic carbocycles. The molecule has 75 valence electrons. The van der Waals surface area contributed by atoms with Gasteiger partial charge in [0.15, 0.2) is 6.33 Å². The van der Waals surface area contributed by atoms with Crippen LogP contribution >= 0.6 is 0 Å². The molecule has 0 fully saturated rings. The second kappa shape index (κ2) is 4.04. The highest BCUT2D eigenvalue weighted by atomic mass is 16.6. The van der Waals surface area contributed by atoms with E-state index in [1.807, 2.05) is 0 Å². The van der Waals surface area contributed by atoms with Crippen molar-refractivity contribution in [3.8, 4) is 0 Å². The van der Waals surface area contributed by atoms with Crippen molar-refractivity contribution in [3.63, 3.8) is 0 Å². The predicted molar refractivity (Wildman–Crippen MR) is 50.7 cm³/mol. The number of anilines is 1. The first-order valence-corrected chi connectivity index (χ1v) is 4.16. The third kappa shape index (κ3) is 3.84. The molecule has 1 aromatic rings. The standard InChI is InChI=1S/C9H12N3O2/c1-9(2,3)14-8(13)12-7-4-5-10-6-11-7/h4-5H,1-3H3,(H,10,11,12,13). The molecule has 1 rings (SSSR count). The predicted octanol–water partition coefficient (Wildman–Crippen LogP) is 1.62. The topological polar surface area (TPSA) is 64.1 Å². The summed E-state index contributed by atoms with van der Waals surface area (Å²) in [6.45, 7) is 5.37. The van der Waals surface area contributed by atoms with Gasteiger partial charge >= 0.3 is 6.09 Å². The Morgan fingerprint density at radius 2 is 2.29 bits per heavy atom.